The Kier molecular flexibility index (Phi) is 15.2. The summed E-state index contributed by atoms with van der Waals surface area (Å²) in [5.41, 5.74) is 0. The number of carbonyl (C=O) groups is 1. The monoisotopic (exact) mass is 564 g/mol. The lowest BCUT2D eigenvalue weighted by Crippen LogP contribution is -2.40. The minimum absolute atomic E-state index is 0. The van der Waals surface area contributed by atoms with E-state index in [9.17, 15) is 4.79 Å². The number of rotatable bonds is 12. The molecule has 1 fully saturated rings. The number of nitrogens with zero attached hydrogens (tertiary/aromatic N) is 2. The molecular formula is C23H41IN4O2S. The van der Waals surface area contributed by atoms with E-state index < -0.39 is 0 Å². The van der Waals surface area contributed by atoms with Crippen molar-refractivity contribution in [1.29, 1.82) is 0 Å². The maximum absolute atomic E-state index is 11.4. The number of ether oxygens (including phenoxy) is 1. The highest BCUT2D eigenvalue weighted by atomic mass is 127. The van der Waals surface area contributed by atoms with Gasteiger partial charge in [-0.15, -0.1) is 35.3 Å². The van der Waals surface area contributed by atoms with Crippen LogP contribution in [-0.2, 0) is 9.53 Å². The molecule has 31 heavy (non-hydrogen) atoms. The Morgan fingerprint density at radius 3 is 2.77 bits per heavy atom. The van der Waals surface area contributed by atoms with Crippen LogP contribution in [0, 0.1) is 5.92 Å². The summed E-state index contributed by atoms with van der Waals surface area (Å²) in [5.74, 6) is 1.40. The molecule has 2 atom stereocenters. The number of unbranched alkanes of at least 4 members (excludes halogenated alkanes) is 3. The average molecular weight is 565 g/mol. The Balaban J connectivity index is 0.00000480. The van der Waals surface area contributed by atoms with Crippen LogP contribution in [0.15, 0.2) is 22.5 Å². The van der Waals surface area contributed by atoms with E-state index in [2.05, 4.69) is 47.0 Å². The SMILES string of the molecule is CCNC(=NCC1CCCN(C)C1c1cccs1)NCCCCCCC(=O)OCC.I. The molecule has 0 aromatic carbocycles. The summed E-state index contributed by atoms with van der Waals surface area (Å²) in [4.78, 5) is 20.2. The predicted molar refractivity (Wildman–Crippen MR) is 142 cm³/mol. The standard InChI is InChI=1S/C23H40N4O2S.HI/c1-4-24-23(25-15-9-7-6-8-14-21(28)29-5-2)26-18-19-12-10-16-27(3)22(19)20-13-11-17-30-20;/h11,13,17,19,22H,4-10,12,14-16,18H2,1-3H3,(H2,24,25,26);1H. The average Bonchev–Trinajstić information content (AvgIpc) is 3.25. The van der Waals surface area contributed by atoms with Gasteiger partial charge in [-0.2, -0.15) is 0 Å². The van der Waals surface area contributed by atoms with Crippen molar-refractivity contribution in [2.45, 2.75) is 64.8 Å². The second-order valence-corrected chi connectivity index (χ2v) is 8.94. The first-order valence-electron chi connectivity index (χ1n) is 11.6. The van der Waals surface area contributed by atoms with Gasteiger partial charge >= 0.3 is 5.97 Å². The highest BCUT2D eigenvalue weighted by Gasteiger charge is 2.31. The molecule has 1 aromatic rings. The van der Waals surface area contributed by atoms with E-state index in [1.165, 1.54) is 17.7 Å². The molecule has 0 amide bonds. The summed E-state index contributed by atoms with van der Waals surface area (Å²) in [5, 5.41) is 9.04. The molecular weight excluding hydrogens is 523 g/mol. The molecule has 0 radical (unpaired) electrons. The zero-order valence-electron chi connectivity index (χ0n) is 19.4. The number of nitrogens with one attached hydrogen (secondary N) is 2. The maximum atomic E-state index is 11.4. The van der Waals surface area contributed by atoms with Crippen molar-refractivity contribution in [2.75, 3.05) is 39.8 Å². The predicted octanol–water partition coefficient (Wildman–Crippen LogP) is 4.82. The van der Waals surface area contributed by atoms with Crippen LogP contribution in [-0.4, -0.2) is 56.7 Å². The van der Waals surface area contributed by atoms with Crippen LogP contribution in [0.5, 0.6) is 0 Å². The third-order valence-electron chi connectivity index (χ3n) is 5.58. The summed E-state index contributed by atoms with van der Waals surface area (Å²) in [6.07, 6.45) is 7.17. The van der Waals surface area contributed by atoms with Gasteiger partial charge < -0.3 is 15.4 Å². The molecule has 1 saturated heterocycles. The quantitative estimate of drug-likeness (QED) is 0.125. The number of piperidine rings is 1. The largest absolute Gasteiger partial charge is 0.466 e. The number of aliphatic imine (C=N–C) groups is 1. The number of hydrogen-bond acceptors (Lipinski definition) is 5. The first kappa shape index (κ1) is 28.2. The minimum atomic E-state index is -0.0774. The van der Waals surface area contributed by atoms with Crippen molar-refractivity contribution in [2.24, 2.45) is 10.9 Å². The lowest BCUT2D eigenvalue weighted by Gasteiger charge is -2.38. The van der Waals surface area contributed by atoms with E-state index >= 15 is 0 Å². The van der Waals surface area contributed by atoms with E-state index in [1.54, 1.807) is 0 Å². The minimum Gasteiger partial charge on any atom is -0.466 e. The molecule has 1 aliphatic rings. The van der Waals surface area contributed by atoms with Gasteiger partial charge in [0.25, 0.3) is 0 Å². The smallest absolute Gasteiger partial charge is 0.305 e. The van der Waals surface area contributed by atoms with Crippen LogP contribution < -0.4 is 10.6 Å². The summed E-state index contributed by atoms with van der Waals surface area (Å²) >= 11 is 1.86. The maximum Gasteiger partial charge on any atom is 0.305 e. The Bertz CT molecular complexity index is 627. The third kappa shape index (κ3) is 10.5. The molecule has 0 saturated carbocycles. The zero-order valence-corrected chi connectivity index (χ0v) is 22.5. The highest BCUT2D eigenvalue weighted by Crippen LogP contribution is 2.37. The highest BCUT2D eigenvalue weighted by molar-refractivity contribution is 14.0. The lowest BCUT2D eigenvalue weighted by molar-refractivity contribution is -0.143. The van der Waals surface area contributed by atoms with E-state index in [1.807, 2.05) is 18.3 Å². The van der Waals surface area contributed by atoms with Crippen molar-refractivity contribution < 1.29 is 9.53 Å². The summed E-state index contributed by atoms with van der Waals surface area (Å²) in [6, 6.07) is 4.89. The van der Waals surface area contributed by atoms with Crippen molar-refractivity contribution in [3.63, 3.8) is 0 Å². The van der Waals surface area contributed by atoms with Crippen molar-refractivity contribution >= 4 is 47.2 Å². The lowest BCUT2D eigenvalue weighted by atomic mass is 9.88. The Morgan fingerprint density at radius 2 is 2.06 bits per heavy atom. The molecule has 0 bridgehead atoms. The van der Waals surface area contributed by atoms with Gasteiger partial charge in [0.05, 0.1) is 6.61 Å². The summed E-state index contributed by atoms with van der Waals surface area (Å²) in [7, 11) is 2.24. The number of halogens is 1. The summed E-state index contributed by atoms with van der Waals surface area (Å²) in [6.45, 7) is 8.21. The van der Waals surface area contributed by atoms with Gasteiger partial charge in [0.2, 0.25) is 0 Å². The fourth-order valence-electron chi connectivity index (χ4n) is 4.10. The number of likely N-dealkylation sites (tertiary alicyclic amines) is 1. The number of esters is 1. The molecule has 8 heteroatoms. The fourth-order valence-corrected chi connectivity index (χ4v) is 5.08. The van der Waals surface area contributed by atoms with Crippen LogP contribution in [0.3, 0.4) is 0 Å². The van der Waals surface area contributed by atoms with Crippen LogP contribution >= 0.6 is 35.3 Å². The summed E-state index contributed by atoms with van der Waals surface area (Å²) < 4.78 is 4.96. The topological polar surface area (TPSA) is 66.0 Å². The molecule has 1 aromatic heterocycles. The van der Waals surface area contributed by atoms with E-state index in [4.69, 9.17) is 9.73 Å². The van der Waals surface area contributed by atoms with Gasteiger partial charge in [-0.3, -0.25) is 14.7 Å². The Hall–Kier alpha value is -0.870. The second kappa shape index (κ2) is 16.7. The van der Waals surface area contributed by atoms with Crippen molar-refractivity contribution in [3.8, 4) is 0 Å². The first-order valence-corrected chi connectivity index (χ1v) is 12.4. The van der Waals surface area contributed by atoms with Crippen molar-refractivity contribution in [1.82, 2.24) is 15.5 Å². The third-order valence-corrected chi connectivity index (χ3v) is 6.52. The van der Waals surface area contributed by atoms with E-state index in [-0.39, 0.29) is 29.9 Å². The fraction of sp³-hybridized carbons (Fsp3) is 0.739. The molecule has 178 valence electrons. The Labute approximate surface area is 209 Å². The van der Waals surface area contributed by atoms with E-state index in [0.29, 0.717) is 25.0 Å². The van der Waals surface area contributed by atoms with Gasteiger partial charge in [0.15, 0.2) is 5.96 Å². The van der Waals surface area contributed by atoms with E-state index in [0.717, 1.165) is 57.8 Å². The first-order chi connectivity index (χ1) is 14.7. The van der Waals surface area contributed by atoms with Crippen LogP contribution in [0.25, 0.3) is 0 Å². The molecule has 2 N–H and O–H groups in total. The normalized spacial score (nSPS) is 19.5. The molecule has 2 heterocycles. The number of carbonyl (C=O) groups excluding carboxylic acids is 1. The zero-order chi connectivity index (χ0) is 21.6. The molecule has 0 aliphatic carbocycles. The Morgan fingerprint density at radius 1 is 1.26 bits per heavy atom. The molecule has 2 rings (SSSR count). The van der Waals surface area contributed by atoms with Crippen LogP contribution in [0.4, 0.5) is 0 Å². The number of thiophene rings is 1. The van der Waals surface area contributed by atoms with Gasteiger partial charge in [-0.25, -0.2) is 0 Å². The van der Waals surface area contributed by atoms with Gasteiger partial charge in [0.1, 0.15) is 0 Å². The van der Waals surface area contributed by atoms with Crippen LogP contribution in [0.1, 0.15) is 69.7 Å². The molecule has 0 spiro atoms. The molecule has 6 nitrogen and oxygen atoms in total. The molecule has 2 unspecified atom stereocenters. The molecule has 1 aliphatic heterocycles. The number of hydrogen-bond donors (Lipinski definition) is 2. The van der Waals surface area contributed by atoms with Crippen LogP contribution in [0.2, 0.25) is 0 Å². The van der Waals surface area contributed by atoms with Gasteiger partial charge in [-0.1, -0.05) is 18.9 Å². The number of guanidine groups is 1. The van der Waals surface area contributed by atoms with Gasteiger partial charge in [0, 0.05) is 37.0 Å². The van der Waals surface area contributed by atoms with Crippen molar-refractivity contribution in [3.05, 3.63) is 22.4 Å². The van der Waals surface area contributed by atoms with Gasteiger partial charge in [-0.05, 0) is 70.5 Å². The second-order valence-electron chi connectivity index (χ2n) is 7.96.